The molecule has 0 saturated heterocycles. The number of halogens is 3. The topological polar surface area (TPSA) is 119 Å². The van der Waals surface area contributed by atoms with Crippen molar-refractivity contribution in [2.75, 3.05) is 6.54 Å². The van der Waals surface area contributed by atoms with Crippen molar-refractivity contribution in [3.63, 3.8) is 0 Å². The van der Waals surface area contributed by atoms with Gasteiger partial charge in [0.2, 0.25) is 0 Å². The Labute approximate surface area is 249 Å². The van der Waals surface area contributed by atoms with Gasteiger partial charge >= 0.3 is 12.3 Å². The van der Waals surface area contributed by atoms with E-state index >= 15 is 0 Å². The number of ether oxygens (including phenoxy) is 2. The molecular weight excluding hydrogens is 579 g/mol. The second-order valence-electron chi connectivity index (χ2n) is 9.24. The van der Waals surface area contributed by atoms with Crippen molar-refractivity contribution in [3.05, 3.63) is 131 Å². The number of carboxylic acid groups (broad SMARTS) is 1. The highest BCUT2D eigenvalue weighted by atomic mass is 19.4. The molecule has 11 heteroatoms. The number of nitrogens with one attached hydrogen (secondary N) is 1. The number of alkyl halides is 3. The van der Waals surface area contributed by atoms with Crippen LogP contribution >= 0.6 is 0 Å². The third-order valence-electron chi connectivity index (χ3n) is 6.05. The lowest BCUT2D eigenvalue weighted by Crippen LogP contribution is -2.26. The predicted octanol–water partition coefficient (Wildman–Crippen LogP) is 6.73. The number of aliphatic carboxylic acids is 1. The van der Waals surface area contributed by atoms with Crippen molar-refractivity contribution in [3.8, 4) is 17.2 Å². The number of benzene rings is 4. The molecule has 0 aliphatic rings. The Balaban J connectivity index is 1.65. The Hall–Kier alpha value is -5.71. The molecule has 44 heavy (non-hydrogen) atoms. The number of amides is 1. The molecule has 4 rings (SSSR count). The molecule has 4 aromatic rings. The first-order valence-corrected chi connectivity index (χ1v) is 13.1. The van der Waals surface area contributed by atoms with Crippen LogP contribution in [0.5, 0.6) is 17.2 Å². The van der Waals surface area contributed by atoms with Crippen molar-refractivity contribution in [2.45, 2.75) is 12.8 Å². The van der Waals surface area contributed by atoms with Crippen molar-refractivity contribution in [2.24, 2.45) is 0 Å². The molecule has 0 bridgehead atoms. The molecule has 1 amide bonds. The summed E-state index contributed by atoms with van der Waals surface area (Å²) in [6.07, 6.45) is -4.07. The quantitative estimate of drug-likeness (QED) is 0.136. The molecule has 4 aromatic carbocycles. The van der Waals surface area contributed by atoms with Crippen LogP contribution in [0.15, 0.2) is 109 Å². The lowest BCUT2D eigenvalue weighted by molar-refractivity contribution is -0.274. The summed E-state index contributed by atoms with van der Waals surface area (Å²) in [6.45, 7) is -0.0749. The number of carbonyl (C=O) groups excluding carboxylic acids is 3. The summed E-state index contributed by atoms with van der Waals surface area (Å²) in [6, 6.07) is 25.2. The number of para-hydroxylation sites is 1. The molecule has 2 N–H and O–H groups in total. The van der Waals surface area contributed by atoms with E-state index in [1.807, 2.05) is 6.07 Å². The van der Waals surface area contributed by atoms with Crippen molar-refractivity contribution in [1.82, 2.24) is 5.32 Å². The van der Waals surface area contributed by atoms with Gasteiger partial charge in [-0.05, 0) is 72.3 Å². The maximum Gasteiger partial charge on any atom is 0.573 e. The minimum atomic E-state index is -4.90. The van der Waals surface area contributed by atoms with E-state index in [0.29, 0.717) is 17.1 Å². The van der Waals surface area contributed by atoms with E-state index in [4.69, 9.17) is 9.84 Å². The summed E-state index contributed by atoms with van der Waals surface area (Å²) in [5.74, 6) is -2.42. The maximum absolute atomic E-state index is 13.7. The zero-order chi connectivity index (χ0) is 31.7. The van der Waals surface area contributed by atoms with E-state index in [1.54, 1.807) is 48.5 Å². The van der Waals surface area contributed by atoms with Gasteiger partial charge in [0.1, 0.15) is 17.2 Å². The molecule has 224 valence electrons. The average Bonchev–Trinajstić information content (AvgIpc) is 2.99. The fourth-order valence-electron chi connectivity index (χ4n) is 3.98. The third kappa shape index (κ3) is 8.89. The Morgan fingerprint density at radius 2 is 1.32 bits per heavy atom. The van der Waals surface area contributed by atoms with Gasteiger partial charge in [-0.2, -0.15) is 0 Å². The number of carbonyl (C=O) groups is 4. The Bertz CT molecular complexity index is 1680. The van der Waals surface area contributed by atoms with Gasteiger partial charge in [-0.1, -0.05) is 42.5 Å². The van der Waals surface area contributed by atoms with Gasteiger partial charge in [-0.25, -0.2) is 0 Å². The van der Waals surface area contributed by atoms with E-state index in [9.17, 15) is 32.3 Å². The Kier molecular flexibility index (Phi) is 9.92. The molecule has 0 unspecified atom stereocenters. The van der Waals surface area contributed by atoms with Crippen LogP contribution in [0.1, 0.15) is 43.1 Å². The van der Waals surface area contributed by atoms with Gasteiger partial charge in [0.15, 0.2) is 11.6 Å². The van der Waals surface area contributed by atoms with E-state index in [-0.39, 0.29) is 35.2 Å². The summed E-state index contributed by atoms with van der Waals surface area (Å²) in [4.78, 5) is 50.0. The molecule has 0 atom stereocenters. The number of Topliss-reactive ketones (excluding diaryl/α,β-unsaturated/α-hetero) is 1. The van der Waals surface area contributed by atoms with Crippen LogP contribution < -0.4 is 14.8 Å². The first-order valence-electron chi connectivity index (χ1n) is 13.1. The lowest BCUT2D eigenvalue weighted by Gasteiger charge is -2.12. The van der Waals surface area contributed by atoms with Gasteiger partial charge < -0.3 is 19.9 Å². The van der Waals surface area contributed by atoms with Crippen LogP contribution in [0.2, 0.25) is 0 Å². The van der Waals surface area contributed by atoms with Crippen molar-refractivity contribution >= 4 is 29.0 Å². The van der Waals surface area contributed by atoms with Crippen molar-refractivity contribution < 1.29 is 46.9 Å². The van der Waals surface area contributed by atoms with Gasteiger partial charge in [0.05, 0.1) is 6.42 Å². The largest absolute Gasteiger partial charge is 0.573 e. The highest BCUT2D eigenvalue weighted by Gasteiger charge is 2.31. The molecular formula is C33H24F3NO7. The lowest BCUT2D eigenvalue weighted by atomic mass is 9.93. The molecule has 0 heterocycles. The highest BCUT2D eigenvalue weighted by molar-refractivity contribution is 6.32. The molecule has 8 nitrogen and oxygen atoms in total. The molecule has 0 radical (unpaired) electrons. The summed E-state index contributed by atoms with van der Waals surface area (Å²) >= 11 is 0. The van der Waals surface area contributed by atoms with Gasteiger partial charge in [0, 0.05) is 28.8 Å². The smallest absolute Gasteiger partial charge is 0.481 e. The number of hydrogen-bond donors (Lipinski definition) is 2. The molecule has 0 spiro atoms. The van der Waals surface area contributed by atoms with Crippen LogP contribution in [0.4, 0.5) is 13.2 Å². The summed E-state index contributed by atoms with van der Waals surface area (Å²) in [7, 11) is 0. The average molecular weight is 604 g/mol. The van der Waals surface area contributed by atoms with Crippen LogP contribution in [0.25, 0.3) is 5.57 Å². The summed E-state index contributed by atoms with van der Waals surface area (Å²) in [5.41, 5.74) is 0.615. The Morgan fingerprint density at radius 3 is 1.95 bits per heavy atom. The number of hydrogen-bond acceptors (Lipinski definition) is 6. The van der Waals surface area contributed by atoms with Gasteiger partial charge in [-0.3, -0.25) is 19.2 Å². The zero-order valence-electron chi connectivity index (χ0n) is 22.8. The minimum absolute atomic E-state index is 0.00916. The van der Waals surface area contributed by atoms with Crippen LogP contribution in [-0.4, -0.2) is 41.5 Å². The van der Waals surface area contributed by atoms with Crippen LogP contribution in [0, 0.1) is 0 Å². The van der Waals surface area contributed by atoms with E-state index in [1.165, 1.54) is 24.3 Å². The highest BCUT2D eigenvalue weighted by Crippen LogP contribution is 2.28. The van der Waals surface area contributed by atoms with E-state index < -0.39 is 35.6 Å². The van der Waals surface area contributed by atoms with Gasteiger partial charge in [0.25, 0.3) is 5.91 Å². The SMILES string of the molecule is O=C(O)CCNC(=O)c1ccc(C(=O)C(=CC(=O)c2ccc(OC(F)(F)F)cc2)c2cccc(Oc3ccccc3)c2)cc1. The minimum Gasteiger partial charge on any atom is -0.481 e. The second kappa shape index (κ2) is 14.0. The molecule has 0 aromatic heterocycles. The first kappa shape index (κ1) is 31.2. The van der Waals surface area contributed by atoms with Gasteiger partial charge in [-0.15, -0.1) is 13.2 Å². The van der Waals surface area contributed by atoms with E-state index in [0.717, 1.165) is 30.3 Å². The monoisotopic (exact) mass is 603 g/mol. The predicted molar refractivity (Wildman–Crippen MR) is 154 cm³/mol. The normalized spacial score (nSPS) is 11.4. The summed E-state index contributed by atoms with van der Waals surface area (Å²) < 4.78 is 47.4. The second-order valence-corrected chi connectivity index (χ2v) is 9.24. The van der Waals surface area contributed by atoms with Crippen LogP contribution in [-0.2, 0) is 4.79 Å². The molecule has 0 fully saturated rings. The van der Waals surface area contributed by atoms with Crippen LogP contribution in [0.3, 0.4) is 0 Å². The third-order valence-corrected chi connectivity index (χ3v) is 6.05. The fraction of sp³-hybridized carbons (Fsp3) is 0.0909. The number of ketones is 2. The maximum atomic E-state index is 13.7. The molecule has 0 saturated carbocycles. The van der Waals surface area contributed by atoms with E-state index in [2.05, 4.69) is 10.1 Å². The zero-order valence-corrected chi connectivity index (χ0v) is 22.8. The standard InChI is InChI=1S/C33H24F3NO7/c34-33(35,36)44-26-15-13-21(14-16-26)29(38)20-28(24-5-4-8-27(19-24)43-25-6-2-1-3-7-25)31(41)22-9-11-23(12-10-22)32(42)37-18-17-30(39)40/h1-16,19-20H,17-18H2,(H,37,42)(H,39,40). The molecule has 0 aliphatic heterocycles. The number of carboxylic acids is 1. The molecule has 0 aliphatic carbocycles. The fourth-order valence-corrected chi connectivity index (χ4v) is 3.98. The Morgan fingerprint density at radius 1 is 0.705 bits per heavy atom. The summed E-state index contributed by atoms with van der Waals surface area (Å²) in [5, 5.41) is 11.2. The van der Waals surface area contributed by atoms with Crippen molar-refractivity contribution in [1.29, 1.82) is 0 Å². The first-order chi connectivity index (χ1) is 21.0. The number of allylic oxidation sites excluding steroid dienone is 2. The number of rotatable bonds is 12.